The number of hydrogen-bond donors (Lipinski definition) is 1. The molecular weight excluding hydrogens is 492 g/mol. The largest absolute Gasteiger partial charge is 0.480 e. The van der Waals surface area contributed by atoms with Gasteiger partial charge in [-0.2, -0.15) is 0 Å². The van der Waals surface area contributed by atoms with Gasteiger partial charge in [0.25, 0.3) is 0 Å². The van der Waals surface area contributed by atoms with Crippen LogP contribution in [0.2, 0.25) is 0 Å². The highest BCUT2D eigenvalue weighted by atomic mass is 16.4. The molecule has 0 aliphatic carbocycles. The van der Waals surface area contributed by atoms with E-state index in [1.54, 1.807) is 21.7 Å². The third-order valence-corrected chi connectivity index (χ3v) is 7.65. The zero-order valence-electron chi connectivity index (χ0n) is 23.2. The Balaban J connectivity index is 1.60. The van der Waals surface area contributed by atoms with Crippen LogP contribution in [0.4, 0.5) is 15.3 Å². The number of allylic oxidation sites excluding steroid dienone is 3. The van der Waals surface area contributed by atoms with Crippen molar-refractivity contribution in [1.29, 1.82) is 0 Å². The Morgan fingerprint density at radius 2 is 1.64 bits per heavy atom. The minimum Gasteiger partial charge on any atom is -0.480 e. The van der Waals surface area contributed by atoms with Crippen LogP contribution in [0.15, 0.2) is 78.5 Å². The molecule has 3 atom stereocenters. The maximum Gasteiger partial charge on any atom is 0.329 e. The molecule has 0 saturated carbocycles. The molecule has 206 valence electrons. The molecule has 8 heteroatoms. The number of urea groups is 2. The van der Waals surface area contributed by atoms with Crippen molar-refractivity contribution in [2.45, 2.75) is 64.7 Å². The van der Waals surface area contributed by atoms with Gasteiger partial charge < -0.3 is 19.8 Å². The van der Waals surface area contributed by atoms with E-state index in [0.29, 0.717) is 30.8 Å². The molecule has 0 radical (unpaired) electrons. The average Bonchev–Trinajstić information content (AvgIpc) is 3.24. The Bertz CT molecular complexity index is 1240. The van der Waals surface area contributed by atoms with E-state index in [4.69, 9.17) is 0 Å². The Kier molecular flexibility index (Phi) is 8.74. The molecule has 0 aromatic heterocycles. The number of anilines is 1. The van der Waals surface area contributed by atoms with Gasteiger partial charge in [0, 0.05) is 25.8 Å². The Morgan fingerprint density at radius 1 is 0.974 bits per heavy atom. The number of hydrogen-bond acceptors (Lipinski definition) is 3. The number of amides is 4. The maximum absolute atomic E-state index is 14.1. The zero-order valence-corrected chi connectivity index (χ0v) is 23.2. The van der Waals surface area contributed by atoms with Crippen LogP contribution in [0.3, 0.4) is 0 Å². The second-order valence-corrected chi connectivity index (χ2v) is 10.1. The number of fused-ring (bicyclic) bond motifs is 2. The summed E-state index contributed by atoms with van der Waals surface area (Å²) in [6.07, 6.45) is 7.64. The first-order valence-corrected chi connectivity index (χ1v) is 13.6. The standard InChI is InChI=1S/C31H38N4O4/c1-5-11-24(7-3)34(25-12-9-8-10-13-25)31(39)33-21-26-18-19-27(28(33)29(36)37)35(26)30(38)32(4)20-23-16-14-22(6-2)15-17-23/h5,7-17,26-28H,6,18-21H2,1-4H3,(H,36,37)/b11-5-,24-7+/t26-,27+,28-/m0/s1. The smallest absolute Gasteiger partial charge is 0.329 e. The third kappa shape index (κ3) is 5.70. The molecule has 2 aromatic rings. The number of rotatable bonds is 7. The molecule has 2 bridgehead atoms. The zero-order chi connectivity index (χ0) is 28.1. The third-order valence-electron chi connectivity index (χ3n) is 7.65. The number of benzene rings is 2. The number of carbonyl (C=O) groups is 3. The van der Waals surface area contributed by atoms with Crippen LogP contribution in [0.5, 0.6) is 0 Å². The second kappa shape index (κ2) is 12.2. The minimum atomic E-state index is -1.15. The van der Waals surface area contributed by atoms with Gasteiger partial charge >= 0.3 is 18.0 Å². The summed E-state index contributed by atoms with van der Waals surface area (Å²) < 4.78 is 0. The highest BCUT2D eigenvalue weighted by Crippen LogP contribution is 2.37. The Hall–Kier alpha value is -4.07. The van der Waals surface area contributed by atoms with Crippen LogP contribution in [0, 0.1) is 0 Å². The number of piperazine rings is 1. The predicted octanol–water partition coefficient (Wildman–Crippen LogP) is 5.51. The number of likely N-dealkylation sites (tertiary alicyclic amines) is 1. The van der Waals surface area contributed by atoms with Gasteiger partial charge in [0.1, 0.15) is 0 Å². The number of carboxylic acid groups (broad SMARTS) is 1. The van der Waals surface area contributed by atoms with Crippen molar-refractivity contribution in [2.24, 2.45) is 0 Å². The fourth-order valence-electron chi connectivity index (χ4n) is 5.71. The first kappa shape index (κ1) is 28.0. The first-order valence-electron chi connectivity index (χ1n) is 13.6. The lowest BCUT2D eigenvalue weighted by Crippen LogP contribution is -2.67. The first-order chi connectivity index (χ1) is 18.8. The number of carboxylic acids is 1. The number of aryl methyl sites for hydroxylation is 1. The summed E-state index contributed by atoms with van der Waals surface area (Å²) in [6.45, 7) is 6.40. The molecule has 39 heavy (non-hydrogen) atoms. The van der Waals surface area contributed by atoms with E-state index in [0.717, 1.165) is 12.0 Å². The van der Waals surface area contributed by atoms with E-state index in [1.807, 2.05) is 74.5 Å². The lowest BCUT2D eigenvalue weighted by atomic mass is 10.0. The molecule has 2 fully saturated rings. The topological polar surface area (TPSA) is 84.4 Å². The molecule has 2 aliphatic rings. The van der Waals surface area contributed by atoms with E-state index in [1.165, 1.54) is 10.5 Å². The van der Waals surface area contributed by atoms with Gasteiger partial charge in [0.15, 0.2) is 6.04 Å². The van der Waals surface area contributed by atoms with Crippen LogP contribution < -0.4 is 4.90 Å². The van der Waals surface area contributed by atoms with Crippen molar-refractivity contribution in [1.82, 2.24) is 14.7 Å². The molecule has 2 aromatic carbocycles. The molecule has 4 rings (SSSR count). The summed E-state index contributed by atoms with van der Waals surface area (Å²) in [5.74, 6) is -1.11. The van der Waals surface area contributed by atoms with Crippen LogP contribution in [-0.2, 0) is 17.8 Å². The summed E-state index contributed by atoms with van der Waals surface area (Å²) in [5.41, 5.74) is 3.55. The summed E-state index contributed by atoms with van der Waals surface area (Å²) in [5, 5.41) is 10.4. The highest BCUT2D eigenvalue weighted by molar-refractivity contribution is 5.98. The molecule has 1 N–H and O–H groups in total. The maximum atomic E-state index is 14.1. The van der Waals surface area contributed by atoms with Crippen molar-refractivity contribution in [3.05, 3.63) is 89.6 Å². The molecule has 0 spiro atoms. The summed E-state index contributed by atoms with van der Waals surface area (Å²) in [6, 6.07) is 14.8. The Labute approximate surface area is 230 Å². The molecule has 2 aliphatic heterocycles. The van der Waals surface area contributed by atoms with Gasteiger partial charge in [-0.25, -0.2) is 14.4 Å². The fraction of sp³-hybridized carbons (Fsp3) is 0.387. The van der Waals surface area contributed by atoms with Gasteiger partial charge in [-0.05, 0) is 62.4 Å². The average molecular weight is 531 g/mol. The number of para-hydroxylation sites is 1. The van der Waals surface area contributed by atoms with Gasteiger partial charge in [-0.15, -0.1) is 0 Å². The molecule has 4 amide bonds. The van der Waals surface area contributed by atoms with Crippen LogP contribution in [0.25, 0.3) is 0 Å². The van der Waals surface area contributed by atoms with E-state index in [-0.39, 0.29) is 18.6 Å². The molecule has 2 saturated heterocycles. The normalized spacial score (nSPS) is 20.8. The number of aliphatic carboxylic acids is 1. The van der Waals surface area contributed by atoms with E-state index < -0.39 is 24.1 Å². The minimum absolute atomic E-state index is 0.160. The van der Waals surface area contributed by atoms with Crippen LogP contribution in [-0.4, -0.2) is 69.6 Å². The summed E-state index contributed by atoms with van der Waals surface area (Å²) >= 11 is 0. The van der Waals surface area contributed by atoms with Crippen LogP contribution >= 0.6 is 0 Å². The number of carbonyl (C=O) groups excluding carboxylic acids is 2. The molecule has 0 unspecified atom stereocenters. The number of nitrogens with zero attached hydrogens (tertiary/aromatic N) is 4. The Morgan fingerprint density at radius 3 is 2.23 bits per heavy atom. The van der Waals surface area contributed by atoms with Gasteiger partial charge in [-0.1, -0.05) is 61.5 Å². The fourth-order valence-corrected chi connectivity index (χ4v) is 5.71. The van der Waals surface area contributed by atoms with E-state index in [2.05, 4.69) is 19.1 Å². The summed E-state index contributed by atoms with van der Waals surface area (Å²) in [7, 11) is 1.75. The lowest BCUT2D eigenvalue weighted by molar-refractivity contribution is -0.145. The van der Waals surface area contributed by atoms with E-state index in [9.17, 15) is 19.5 Å². The monoisotopic (exact) mass is 530 g/mol. The van der Waals surface area contributed by atoms with E-state index >= 15 is 0 Å². The molecule has 2 heterocycles. The van der Waals surface area contributed by atoms with Crippen molar-refractivity contribution < 1.29 is 19.5 Å². The highest BCUT2D eigenvalue weighted by Gasteiger charge is 2.54. The van der Waals surface area contributed by atoms with Gasteiger partial charge in [-0.3, -0.25) is 4.90 Å². The second-order valence-electron chi connectivity index (χ2n) is 10.1. The summed E-state index contributed by atoms with van der Waals surface area (Å²) in [4.78, 5) is 46.8. The van der Waals surface area contributed by atoms with Crippen molar-refractivity contribution in [3.8, 4) is 0 Å². The van der Waals surface area contributed by atoms with Gasteiger partial charge in [0.2, 0.25) is 0 Å². The predicted molar refractivity (Wildman–Crippen MR) is 152 cm³/mol. The van der Waals surface area contributed by atoms with Crippen molar-refractivity contribution in [3.63, 3.8) is 0 Å². The van der Waals surface area contributed by atoms with Crippen LogP contribution in [0.1, 0.15) is 44.7 Å². The SMILES string of the molecule is C/C=C\C(=C/C)N(C(=O)N1C[C@@H]2CC[C@H]([C@H]1C(=O)O)N2C(=O)N(C)Cc1ccc(CC)cc1)c1ccccc1. The van der Waals surface area contributed by atoms with Gasteiger partial charge in [0.05, 0.1) is 17.8 Å². The lowest BCUT2D eigenvalue weighted by Gasteiger charge is -2.47. The van der Waals surface area contributed by atoms with Crippen molar-refractivity contribution in [2.75, 3.05) is 18.5 Å². The molecular formula is C31H38N4O4. The molecule has 8 nitrogen and oxygen atoms in total. The van der Waals surface area contributed by atoms with Crippen molar-refractivity contribution >= 4 is 23.7 Å². The quantitative estimate of drug-likeness (QED) is 0.479.